The Kier molecular flexibility index (Phi) is 3.47. The molecule has 0 radical (unpaired) electrons. The smallest absolute Gasteiger partial charge is 0.240 e. The molecule has 13 heavy (non-hydrogen) atoms. The highest BCUT2D eigenvalue weighted by molar-refractivity contribution is 4.92. The third-order valence-corrected chi connectivity index (χ3v) is 1.50. The Morgan fingerprint density at radius 2 is 2.38 bits per heavy atom. The minimum Gasteiger partial charge on any atom is -0.338 e. The van der Waals surface area contributed by atoms with Gasteiger partial charge in [0, 0.05) is 5.92 Å². The van der Waals surface area contributed by atoms with Gasteiger partial charge in [-0.05, 0) is 0 Å². The van der Waals surface area contributed by atoms with E-state index in [4.69, 9.17) is 10.9 Å². The maximum absolute atomic E-state index is 5.07. The van der Waals surface area contributed by atoms with Crippen LogP contribution in [0.1, 0.15) is 31.5 Å². The summed E-state index contributed by atoms with van der Waals surface area (Å²) in [5.74, 6) is 4.08. The van der Waals surface area contributed by atoms with E-state index < -0.39 is 0 Å². The summed E-state index contributed by atoms with van der Waals surface area (Å²) < 4.78 is 4.98. The topological polar surface area (TPSA) is 51.0 Å². The zero-order valence-corrected chi connectivity index (χ0v) is 7.87. The predicted octanol–water partition coefficient (Wildman–Crippen LogP) is 0.916. The summed E-state index contributed by atoms with van der Waals surface area (Å²) in [4.78, 5) is 4.17. The van der Waals surface area contributed by atoms with Gasteiger partial charge >= 0.3 is 0 Å². The lowest BCUT2D eigenvalue weighted by molar-refractivity contribution is 0.364. The molecule has 0 saturated carbocycles. The average Bonchev–Trinajstić information content (AvgIpc) is 2.53. The monoisotopic (exact) mass is 179 g/mol. The van der Waals surface area contributed by atoms with E-state index in [1.54, 1.807) is 0 Å². The number of rotatable bonds is 4. The van der Waals surface area contributed by atoms with E-state index in [1.807, 2.05) is 13.8 Å². The molecule has 1 aromatic rings. The fourth-order valence-corrected chi connectivity index (χ4v) is 0.816. The van der Waals surface area contributed by atoms with Crippen molar-refractivity contribution in [2.24, 2.45) is 0 Å². The highest BCUT2D eigenvalue weighted by Crippen LogP contribution is 2.08. The molecule has 0 aliphatic carbocycles. The van der Waals surface area contributed by atoms with Crippen molar-refractivity contribution in [3.8, 4) is 12.3 Å². The first-order chi connectivity index (χ1) is 6.24. The van der Waals surface area contributed by atoms with Crippen molar-refractivity contribution >= 4 is 0 Å². The molecule has 0 bridgehead atoms. The fraction of sp³-hybridized carbons (Fsp3) is 0.556. The highest BCUT2D eigenvalue weighted by Gasteiger charge is 2.08. The quantitative estimate of drug-likeness (QED) is 0.551. The molecule has 0 spiro atoms. The van der Waals surface area contributed by atoms with E-state index in [1.165, 1.54) is 0 Å². The number of nitrogens with zero attached hydrogens (tertiary/aromatic N) is 2. The van der Waals surface area contributed by atoms with Gasteiger partial charge in [0.1, 0.15) is 0 Å². The van der Waals surface area contributed by atoms with Gasteiger partial charge in [0.25, 0.3) is 0 Å². The molecule has 4 nitrogen and oxygen atoms in total. The molecule has 0 unspecified atom stereocenters. The molecule has 70 valence electrons. The van der Waals surface area contributed by atoms with Gasteiger partial charge in [0.2, 0.25) is 5.89 Å². The molecule has 1 N–H and O–H groups in total. The van der Waals surface area contributed by atoms with E-state index in [0.717, 1.165) is 5.82 Å². The van der Waals surface area contributed by atoms with Crippen LogP contribution in [0.5, 0.6) is 0 Å². The van der Waals surface area contributed by atoms with Crippen molar-refractivity contribution in [3.63, 3.8) is 0 Å². The van der Waals surface area contributed by atoms with Crippen LogP contribution in [0.25, 0.3) is 0 Å². The van der Waals surface area contributed by atoms with Crippen LogP contribution >= 0.6 is 0 Å². The third-order valence-electron chi connectivity index (χ3n) is 1.50. The van der Waals surface area contributed by atoms with E-state index in [2.05, 4.69) is 21.4 Å². The van der Waals surface area contributed by atoms with E-state index in [9.17, 15) is 0 Å². The molecule has 1 aromatic heterocycles. The summed E-state index contributed by atoms with van der Waals surface area (Å²) in [5.41, 5.74) is 0. The molecular formula is C9H13N3O. The van der Waals surface area contributed by atoms with E-state index >= 15 is 0 Å². The van der Waals surface area contributed by atoms with Crippen molar-refractivity contribution in [3.05, 3.63) is 11.7 Å². The van der Waals surface area contributed by atoms with Crippen molar-refractivity contribution < 1.29 is 4.52 Å². The Morgan fingerprint density at radius 1 is 1.62 bits per heavy atom. The maximum atomic E-state index is 5.07. The Bertz CT molecular complexity index is 298. The number of hydrogen-bond acceptors (Lipinski definition) is 4. The molecule has 0 aromatic carbocycles. The van der Waals surface area contributed by atoms with Crippen LogP contribution in [0.15, 0.2) is 4.52 Å². The molecule has 0 fully saturated rings. The van der Waals surface area contributed by atoms with Gasteiger partial charge in [-0.15, -0.1) is 6.42 Å². The van der Waals surface area contributed by atoms with E-state index in [-0.39, 0.29) is 0 Å². The van der Waals surface area contributed by atoms with Crippen molar-refractivity contribution in [1.29, 1.82) is 0 Å². The first-order valence-electron chi connectivity index (χ1n) is 4.20. The fourth-order valence-electron chi connectivity index (χ4n) is 0.816. The van der Waals surface area contributed by atoms with Gasteiger partial charge in [-0.25, -0.2) is 0 Å². The Balaban J connectivity index is 2.45. The van der Waals surface area contributed by atoms with Crippen LogP contribution in [0.3, 0.4) is 0 Å². The lowest BCUT2D eigenvalue weighted by Gasteiger charge is -1.93. The van der Waals surface area contributed by atoms with Crippen LogP contribution in [0.4, 0.5) is 0 Å². The van der Waals surface area contributed by atoms with Gasteiger partial charge in [-0.1, -0.05) is 24.9 Å². The zero-order chi connectivity index (χ0) is 9.68. The average molecular weight is 179 g/mol. The zero-order valence-electron chi connectivity index (χ0n) is 7.87. The lowest BCUT2D eigenvalue weighted by atomic mass is 10.2. The van der Waals surface area contributed by atoms with Crippen LogP contribution < -0.4 is 5.32 Å². The molecule has 0 aliphatic rings. The standard InChI is InChI=1S/C9H13N3O/c1-4-5-10-6-8-11-9(7(2)3)12-13-8/h1,7,10H,5-6H2,2-3H3. The first-order valence-corrected chi connectivity index (χ1v) is 4.20. The van der Waals surface area contributed by atoms with Gasteiger partial charge in [-0.2, -0.15) is 4.98 Å². The van der Waals surface area contributed by atoms with Gasteiger partial charge in [-0.3, -0.25) is 5.32 Å². The summed E-state index contributed by atoms with van der Waals surface area (Å²) in [5, 5.41) is 6.79. The normalized spacial score (nSPS) is 10.3. The van der Waals surface area contributed by atoms with Crippen LogP contribution in [0.2, 0.25) is 0 Å². The minimum atomic E-state index is 0.296. The van der Waals surface area contributed by atoms with Crippen LogP contribution in [0, 0.1) is 12.3 Å². The summed E-state index contributed by atoms with van der Waals surface area (Å²) >= 11 is 0. The van der Waals surface area contributed by atoms with E-state index in [0.29, 0.717) is 24.9 Å². The minimum absolute atomic E-state index is 0.296. The van der Waals surface area contributed by atoms with Gasteiger partial charge in [0.05, 0.1) is 13.1 Å². The highest BCUT2D eigenvalue weighted by atomic mass is 16.5. The van der Waals surface area contributed by atoms with Gasteiger partial charge < -0.3 is 4.52 Å². The molecule has 1 rings (SSSR count). The molecule has 0 aliphatic heterocycles. The maximum Gasteiger partial charge on any atom is 0.240 e. The van der Waals surface area contributed by atoms with Gasteiger partial charge in [0.15, 0.2) is 5.82 Å². The molecule has 0 atom stereocenters. The number of nitrogens with one attached hydrogen (secondary N) is 1. The van der Waals surface area contributed by atoms with Crippen LogP contribution in [-0.2, 0) is 6.54 Å². The Labute approximate surface area is 77.7 Å². The molecule has 1 heterocycles. The number of hydrogen-bond donors (Lipinski definition) is 1. The summed E-state index contributed by atoms with van der Waals surface area (Å²) in [6, 6.07) is 0. The molecule has 0 amide bonds. The second-order valence-corrected chi connectivity index (χ2v) is 3.01. The summed E-state index contributed by atoms with van der Waals surface area (Å²) in [6.07, 6.45) is 5.07. The first kappa shape index (κ1) is 9.75. The number of terminal acetylenes is 1. The molecular weight excluding hydrogens is 166 g/mol. The number of aromatic nitrogens is 2. The van der Waals surface area contributed by atoms with Crippen LogP contribution in [-0.4, -0.2) is 16.7 Å². The Morgan fingerprint density at radius 3 is 2.92 bits per heavy atom. The largest absolute Gasteiger partial charge is 0.338 e. The van der Waals surface area contributed by atoms with Crippen molar-refractivity contribution in [2.45, 2.75) is 26.3 Å². The summed E-state index contributed by atoms with van der Waals surface area (Å²) in [6.45, 7) is 5.08. The predicted molar refractivity (Wildman–Crippen MR) is 48.9 cm³/mol. The third kappa shape index (κ3) is 2.88. The second kappa shape index (κ2) is 4.63. The Hall–Kier alpha value is -1.34. The van der Waals surface area contributed by atoms with Crippen molar-refractivity contribution in [1.82, 2.24) is 15.5 Å². The SMILES string of the molecule is C#CCNCc1nc(C(C)C)no1. The summed E-state index contributed by atoms with van der Waals surface area (Å²) in [7, 11) is 0. The lowest BCUT2D eigenvalue weighted by Crippen LogP contribution is -2.13. The molecule has 4 heteroatoms. The van der Waals surface area contributed by atoms with Crippen molar-refractivity contribution in [2.75, 3.05) is 6.54 Å². The molecule has 0 saturated heterocycles. The second-order valence-electron chi connectivity index (χ2n) is 3.01.